The van der Waals surface area contributed by atoms with Crippen molar-refractivity contribution in [3.05, 3.63) is 109 Å². The van der Waals surface area contributed by atoms with E-state index in [2.05, 4.69) is 0 Å². The van der Waals surface area contributed by atoms with Crippen molar-refractivity contribution in [3.63, 3.8) is 0 Å². The Morgan fingerprint density at radius 3 is 1.97 bits per heavy atom. The van der Waals surface area contributed by atoms with Gasteiger partial charge in [0.05, 0.1) is 5.97 Å². The summed E-state index contributed by atoms with van der Waals surface area (Å²) >= 11 is 0. The van der Waals surface area contributed by atoms with Crippen LogP contribution in [0.3, 0.4) is 0 Å². The Kier molecular flexibility index (Phi) is 7.83. The first-order chi connectivity index (χ1) is 16.7. The molecule has 5 nitrogen and oxygen atoms in total. The van der Waals surface area contributed by atoms with Gasteiger partial charge in [0.25, 0.3) is 0 Å². The molecule has 0 unspecified atom stereocenters. The summed E-state index contributed by atoms with van der Waals surface area (Å²) in [6.07, 6.45) is 0. The molecule has 5 rings (SSSR count). The second-order valence-corrected chi connectivity index (χ2v) is 7.70. The quantitative estimate of drug-likeness (QED) is 0.343. The zero-order chi connectivity index (χ0) is 23.3. The van der Waals surface area contributed by atoms with E-state index in [0.29, 0.717) is 17.4 Å². The number of rotatable bonds is 7. The predicted molar refractivity (Wildman–Crippen MR) is 129 cm³/mol. The first-order valence-electron chi connectivity index (χ1n) is 10.8. The van der Waals surface area contributed by atoms with Gasteiger partial charge in [-0.15, -0.1) is 0 Å². The van der Waals surface area contributed by atoms with E-state index in [4.69, 9.17) is 14.1 Å². The van der Waals surface area contributed by atoms with Crippen LogP contribution in [0.15, 0.2) is 114 Å². The van der Waals surface area contributed by atoms with Gasteiger partial charge < -0.3 is 19.1 Å². The molecule has 0 saturated carbocycles. The number of carbonyl (C=O) groups excluding carboxylic acids is 1. The summed E-state index contributed by atoms with van der Waals surface area (Å²) in [7, 11) is 0. The Morgan fingerprint density at radius 1 is 0.714 bits per heavy atom. The Morgan fingerprint density at radius 2 is 1.29 bits per heavy atom. The second kappa shape index (κ2) is 11.2. The van der Waals surface area contributed by atoms with Gasteiger partial charge in [-0.1, -0.05) is 84.9 Å². The van der Waals surface area contributed by atoms with Crippen molar-refractivity contribution in [1.29, 1.82) is 0 Å². The molecule has 1 heterocycles. The van der Waals surface area contributed by atoms with Crippen LogP contribution in [0.25, 0.3) is 45.2 Å². The molecule has 0 N–H and O–H groups in total. The molecule has 0 radical (unpaired) electrons. The summed E-state index contributed by atoms with van der Waals surface area (Å²) in [6.45, 7) is -0.496. The van der Waals surface area contributed by atoms with Crippen LogP contribution in [-0.2, 0) is 4.79 Å². The number of nitrogens with zero attached hydrogens (tertiary/aromatic N) is 1. The minimum Gasteiger partial charge on any atom is -0.546 e. The molecular weight excluding hydrogens is 449 g/mol. The molecule has 35 heavy (non-hydrogen) atoms. The molecule has 0 aliphatic carbocycles. The van der Waals surface area contributed by atoms with Crippen molar-refractivity contribution in [3.8, 4) is 50.9 Å². The van der Waals surface area contributed by atoms with Crippen molar-refractivity contribution in [1.82, 2.24) is 4.98 Å². The van der Waals surface area contributed by atoms with E-state index >= 15 is 0 Å². The number of carboxylic acids is 1. The van der Waals surface area contributed by atoms with Gasteiger partial charge in [0.15, 0.2) is 5.76 Å². The van der Waals surface area contributed by atoms with Gasteiger partial charge in [-0.05, 0) is 35.4 Å². The van der Waals surface area contributed by atoms with Crippen molar-refractivity contribution >= 4 is 5.97 Å². The first kappa shape index (κ1) is 24.5. The molecular formula is C29H20NNaO4. The van der Waals surface area contributed by atoms with Crippen molar-refractivity contribution in [2.24, 2.45) is 0 Å². The monoisotopic (exact) mass is 469 g/mol. The molecule has 4 aromatic carbocycles. The second-order valence-electron chi connectivity index (χ2n) is 7.70. The standard InChI is InChI=1S/C29H21NO4.Na/c31-26(32)19-33-25-16-8-14-23(18-25)22-13-7-15-24(17-22)29-30-27(20-9-3-1-4-10-20)28(34-29)21-11-5-2-6-12-21;/h1-18H,19H2,(H,31,32);/q;+1/p-1. The van der Waals surface area contributed by atoms with Crippen molar-refractivity contribution in [2.45, 2.75) is 0 Å². The van der Waals surface area contributed by atoms with Gasteiger partial charge in [-0.25, -0.2) is 4.98 Å². The maximum atomic E-state index is 10.7. The minimum atomic E-state index is -1.26. The van der Waals surface area contributed by atoms with Gasteiger partial charge in [0, 0.05) is 16.7 Å². The van der Waals surface area contributed by atoms with Gasteiger partial charge in [-0.3, -0.25) is 0 Å². The maximum absolute atomic E-state index is 10.7. The normalized spacial score (nSPS) is 10.4. The number of ether oxygens (including phenoxy) is 1. The molecule has 0 aliphatic heterocycles. The van der Waals surface area contributed by atoms with Gasteiger partial charge in [0.1, 0.15) is 18.1 Å². The summed E-state index contributed by atoms with van der Waals surface area (Å²) in [5.74, 6) is 0.425. The summed E-state index contributed by atoms with van der Waals surface area (Å²) in [4.78, 5) is 15.6. The summed E-state index contributed by atoms with van der Waals surface area (Å²) in [5, 5.41) is 10.7. The van der Waals surface area contributed by atoms with Crippen LogP contribution in [-0.4, -0.2) is 17.6 Å². The number of oxazole rings is 1. The van der Waals surface area contributed by atoms with Crippen molar-refractivity contribution < 1.29 is 48.6 Å². The maximum Gasteiger partial charge on any atom is 1.00 e. The van der Waals surface area contributed by atoms with Gasteiger partial charge >= 0.3 is 29.6 Å². The molecule has 166 valence electrons. The average molecular weight is 469 g/mol. The molecule has 5 aromatic rings. The van der Waals surface area contributed by atoms with E-state index in [1.807, 2.05) is 97.1 Å². The number of aromatic nitrogens is 1. The fraction of sp³-hybridized carbons (Fsp3) is 0.0345. The van der Waals surface area contributed by atoms with E-state index in [1.165, 1.54) is 0 Å². The van der Waals surface area contributed by atoms with Crippen LogP contribution >= 0.6 is 0 Å². The smallest absolute Gasteiger partial charge is 0.546 e. The van der Waals surface area contributed by atoms with Crippen LogP contribution in [0.1, 0.15) is 0 Å². The number of hydrogen-bond acceptors (Lipinski definition) is 5. The first-order valence-corrected chi connectivity index (χ1v) is 10.8. The number of aliphatic carboxylic acids is 1. The van der Waals surface area contributed by atoms with Crippen LogP contribution in [0, 0.1) is 0 Å². The Balaban J connectivity index is 0.00000289. The van der Waals surface area contributed by atoms with Gasteiger partial charge in [0.2, 0.25) is 5.89 Å². The average Bonchev–Trinajstić information content (AvgIpc) is 3.35. The molecule has 0 aliphatic rings. The number of benzene rings is 4. The molecule has 0 bridgehead atoms. The molecule has 6 heteroatoms. The number of carboxylic acid groups (broad SMARTS) is 1. The number of hydrogen-bond donors (Lipinski definition) is 0. The van der Waals surface area contributed by atoms with E-state index in [9.17, 15) is 9.90 Å². The third-order valence-corrected chi connectivity index (χ3v) is 5.34. The van der Waals surface area contributed by atoms with E-state index in [-0.39, 0.29) is 29.6 Å². The molecule has 0 spiro atoms. The van der Waals surface area contributed by atoms with Gasteiger partial charge in [-0.2, -0.15) is 0 Å². The molecule has 0 amide bonds. The van der Waals surface area contributed by atoms with Crippen molar-refractivity contribution in [2.75, 3.05) is 6.61 Å². The molecule has 1 aromatic heterocycles. The fourth-order valence-corrected chi connectivity index (χ4v) is 3.76. The topological polar surface area (TPSA) is 75.4 Å². The predicted octanol–water partition coefficient (Wildman–Crippen LogP) is 2.48. The van der Waals surface area contributed by atoms with E-state index in [0.717, 1.165) is 33.5 Å². The summed E-state index contributed by atoms with van der Waals surface area (Å²) in [5.41, 5.74) is 5.36. The SMILES string of the molecule is O=C([O-])COc1cccc(-c2cccc(-c3nc(-c4ccccc4)c(-c4ccccc4)o3)c2)c1.[Na+]. The fourth-order valence-electron chi connectivity index (χ4n) is 3.76. The van der Waals surface area contributed by atoms with Crippen LogP contribution < -0.4 is 39.4 Å². The molecule has 0 fully saturated rings. The van der Waals surface area contributed by atoms with Crippen LogP contribution in [0.2, 0.25) is 0 Å². The number of carbonyl (C=O) groups is 1. The summed E-state index contributed by atoms with van der Waals surface area (Å²) in [6, 6.07) is 35.0. The third kappa shape index (κ3) is 5.72. The van der Waals surface area contributed by atoms with Crippen LogP contribution in [0.5, 0.6) is 5.75 Å². The third-order valence-electron chi connectivity index (χ3n) is 5.34. The minimum absolute atomic E-state index is 0. The van der Waals surface area contributed by atoms with E-state index < -0.39 is 12.6 Å². The Bertz CT molecular complexity index is 1370. The Labute approximate surface area is 225 Å². The van der Waals surface area contributed by atoms with Crippen LogP contribution in [0.4, 0.5) is 0 Å². The largest absolute Gasteiger partial charge is 1.00 e. The zero-order valence-electron chi connectivity index (χ0n) is 19.2. The summed E-state index contributed by atoms with van der Waals surface area (Å²) < 4.78 is 11.6. The van der Waals surface area contributed by atoms with E-state index in [1.54, 1.807) is 12.1 Å². The molecule has 0 atom stereocenters. The Hall–Kier alpha value is -3.64. The molecule has 0 saturated heterocycles. The zero-order valence-corrected chi connectivity index (χ0v) is 21.2.